The summed E-state index contributed by atoms with van der Waals surface area (Å²) < 4.78 is 10.9. The van der Waals surface area contributed by atoms with Gasteiger partial charge in [-0.15, -0.1) is 0 Å². The minimum Gasteiger partial charge on any atom is -0.465 e. The van der Waals surface area contributed by atoms with E-state index in [0.29, 0.717) is 50.7 Å². The molecule has 0 radical (unpaired) electrons. The molecule has 0 saturated carbocycles. The molecule has 2 unspecified atom stereocenters. The molecule has 0 N–H and O–H groups in total. The summed E-state index contributed by atoms with van der Waals surface area (Å²) in [7, 11) is 0. The fourth-order valence-electron chi connectivity index (χ4n) is 3.63. The summed E-state index contributed by atoms with van der Waals surface area (Å²) in [5.41, 5.74) is 0. The number of carbonyl (C=O) groups is 2. The van der Waals surface area contributed by atoms with Gasteiger partial charge in [0.1, 0.15) is 0 Å². The quantitative estimate of drug-likeness (QED) is 0.140. The van der Waals surface area contributed by atoms with Crippen molar-refractivity contribution in [2.75, 3.05) is 13.2 Å². The Morgan fingerprint density at radius 2 is 0.967 bits per heavy atom. The average Bonchev–Trinajstić information content (AvgIpc) is 2.75. The smallest absolute Gasteiger partial charge is 0.305 e. The molecule has 0 aliphatic carbocycles. The van der Waals surface area contributed by atoms with Crippen LogP contribution >= 0.6 is 0 Å². The highest BCUT2D eigenvalue weighted by molar-refractivity contribution is 5.70. The Bertz CT molecular complexity index is 370. The van der Waals surface area contributed by atoms with Crippen LogP contribution in [0.3, 0.4) is 0 Å². The molecular formula is C26H50O4. The highest BCUT2D eigenvalue weighted by atomic mass is 16.5. The van der Waals surface area contributed by atoms with E-state index in [4.69, 9.17) is 9.47 Å². The monoisotopic (exact) mass is 426 g/mol. The van der Waals surface area contributed by atoms with Crippen molar-refractivity contribution in [2.45, 2.75) is 130 Å². The zero-order valence-electron chi connectivity index (χ0n) is 20.5. The number of ether oxygens (including phenoxy) is 2. The Hall–Kier alpha value is -1.06. The normalized spacial score (nSPS) is 13.1. The fourth-order valence-corrected chi connectivity index (χ4v) is 3.63. The van der Waals surface area contributed by atoms with E-state index >= 15 is 0 Å². The van der Waals surface area contributed by atoms with Crippen LogP contribution in [0.15, 0.2) is 0 Å². The number of esters is 2. The van der Waals surface area contributed by atoms with Gasteiger partial charge in [-0.3, -0.25) is 9.59 Å². The molecule has 0 aromatic rings. The highest BCUT2D eigenvalue weighted by Gasteiger charge is 2.12. The summed E-state index contributed by atoms with van der Waals surface area (Å²) in [6, 6.07) is 0. The Morgan fingerprint density at radius 3 is 1.30 bits per heavy atom. The van der Waals surface area contributed by atoms with E-state index in [1.54, 1.807) is 0 Å². The number of unbranched alkanes of at least 4 members (excludes halogenated alkanes) is 7. The summed E-state index contributed by atoms with van der Waals surface area (Å²) in [6.45, 7) is 9.85. The molecule has 0 aromatic heterocycles. The molecule has 178 valence electrons. The van der Waals surface area contributed by atoms with Gasteiger partial charge in [-0.05, 0) is 37.5 Å². The first kappa shape index (κ1) is 28.9. The Morgan fingerprint density at radius 1 is 0.567 bits per heavy atom. The lowest BCUT2D eigenvalue weighted by Crippen LogP contribution is -2.15. The van der Waals surface area contributed by atoms with Crippen LogP contribution in [0.4, 0.5) is 0 Å². The fraction of sp³-hybridized carbons (Fsp3) is 0.923. The van der Waals surface area contributed by atoms with Crippen molar-refractivity contribution in [3.8, 4) is 0 Å². The van der Waals surface area contributed by atoms with Crippen LogP contribution < -0.4 is 0 Å². The van der Waals surface area contributed by atoms with Gasteiger partial charge >= 0.3 is 11.9 Å². The molecule has 4 heteroatoms. The molecule has 4 nitrogen and oxygen atoms in total. The third-order valence-corrected chi connectivity index (χ3v) is 6.06. The second-order valence-corrected chi connectivity index (χ2v) is 8.82. The summed E-state index contributed by atoms with van der Waals surface area (Å²) in [5, 5.41) is 0. The van der Waals surface area contributed by atoms with Crippen molar-refractivity contribution in [1.29, 1.82) is 0 Å². The Kier molecular flexibility index (Phi) is 20.4. The summed E-state index contributed by atoms with van der Waals surface area (Å²) >= 11 is 0. The molecule has 0 bridgehead atoms. The second kappa shape index (κ2) is 21.2. The lowest BCUT2D eigenvalue weighted by atomic mass is 9.99. The predicted octanol–water partition coefficient (Wildman–Crippen LogP) is 7.63. The van der Waals surface area contributed by atoms with Crippen molar-refractivity contribution in [2.24, 2.45) is 11.8 Å². The van der Waals surface area contributed by atoms with E-state index in [9.17, 15) is 9.59 Å². The predicted molar refractivity (Wildman–Crippen MR) is 125 cm³/mol. The first-order chi connectivity index (χ1) is 14.6. The average molecular weight is 427 g/mol. The molecule has 0 aliphatic heterocycles. The van der Waals surface area contributed by atoms with E-state index in [0.717, 1.165) is 25.7 Å². The lowest BCUT2D eigenvalue weighted by Gasteiger charge is -2.15. The maximum Gasteiger partial charge on any atom is 0.305 e. The van der Waals surface area contributed by atoms with E-state index in [-0.39, 0.29) is 11.9 Å². The molecule has 0 amide bonds. The van der Waals surface area contributed by atoms with Crippen molar-refractivity contribution in [3.05, 3.63) is 0 Å². The summed E-state index contributed by atoms with van der Waals surface area (Å²) in [5.74, 6) is 0.700. The summed E-state index contributed by atoms with van der Waals surface area (Å²) in [4.78, 5) is 23.9. The minimum absolute atomic E-state index is 0.131. The zero-order valence-corrected chi connectivity index (χ0v) is 20.5. The van der Waals surface area contributed by atoms with Crippen LogP contribution in [-0.4, -0.2) is 25.2 Å². The zero-order chi connectivity index (χ0) is 22.5. The molecule has 2 atom stereocenters. The Balaban J connectivity index is 3.76. The first-order valence-electron chi connectivity index (χ1n) is 12.9. The third kappa shape index (κ3) is 17.8. The number of hydrogen-bond donors (Lipinski definition) is 0. The molecule has 0 aromatic carbocycles. The molecule has 0 aliphatic rings. The van der Waals surface area contributed by atoms with Crippen LogP contribution in [-0.2, 0) is 19.1 Å². The van der Waals surface area contributed by atoms with Gasteiger partial charge in [-0.2, -0.15) is 0 Å². The van der Waals surface area contributed by atoms with Gasteiger partial charge in [-0.1, -0.05) is 91.9 Å². The molecule has 0 fully saturated rings. The van der Waals surface area contributed by atoms with Crippen LogP contribution in [0.5, 0.6) is 0 Å². The van der Waals surface area contributed by atoms with Gasteiger partial charge in [0.25, 0.3) is 0 Å². The van der Waals surface area contributed by atoms with Crippen molar-refractivity contribution in [3.63, 3.8) is 0 Å². The van der Waals surface area contributed by atoms with Gasteiger partial charge in [-0.25, -0.2) is 0 Å². The summed E-state index contributed by atoms with van der Waals surface area (Å²) in [6.07, 6.45) is 16.7. The highest BCUT2D eigenvalue weighted by Crippen LogP contribution is 2.16. The van der Waals surface area contributed by atoms with Gasteiger partial charge in [0, 0.05) is 12.8 Å². The maximum absolute atomic E-state index is 11.9. The van der Waals surface area contributed by atoms with E-state index in [2.05, 4.69) is 27.7 Å². The molecule has 30 heavy (non-hydrogen) atoms. The largest absolute Gasteiger partial charge is 0.465 e. The van der Waals surface area contributed by atoms with Crippen molar-refractivity contribution < 1.29 is 19.1 Å². The number of hydrogen-bond acceptors (Lipinski definition) is 4. The molecule has 0 spiro atoms. The Labute approximate surface area is 186 Å². The number of rotatable bonds is 21. The standard InChI is InChI=1S/C26H50O4/c1-5-9-11-13-17-23(7-3)21-29-25(27)19-15-16-20-26(28)30-22-24(8-4)18-14-12-10-6-2/h23-24H,5-22H2,1-4H3. The number of carbonyl (C=O) groups excluding carboxylic acids is 2. The van der Waals surface area contributed by atoms with Crippen LogP contribution in [0.2, 0.25) is 0 Å². The van der Waals surface area contributed by atoms with E-state index < -0.39 is 0 Å². The lowest BCUT2D eigenvalue weighted by molar-refractivity contribution is -0.147. The third-order valence-electron chi connectivity index (χ3n) is 6.06. The first-order valence-corrected chi connectivity index (χ1v) is 12.9. The van der Waals surface area contributed by atoms with Crippen LogP contribution in [0.1, 0.15) is 130 Å². The van der Waals surface area contributed by atoms with Gasteiger partial charge < -0.3 is 9.47 Å². The molecule has 0 saturated heterocycles. The van der Waals surface area contributed by atoms with Crippen molar-refractivity contribution in [1.82, 2.24) is 0 Å². The molecular weight excluding hydrogens is 376 g/mol. The van der Waals surface area contributed by atoms with E-state index in [1.165, 1.54) is 51.4 Å². The topological polar surface area (TPSA) is 52.6 Å². The maximum atomic E-state index is 11.9. The van der Waals surface area contributed by atoms with Gasteiger partial charge in [0.15, 0.2) is 0 Å². The van der Waals surface area contributed by atoms with Crippen LogP contribution in [0, 0.1) is 11.8 Å². The second-order valence-electron chi connectivity index (χ2n) is 8.82. The SMILES string of the molecule is CCCCCCC(CC)COC(=O)CCCCC(=O)OCC(CC)CCCCCC. The van der Waals surface area contributed by atoms with Gasteiger partial charge in [0.2, 0.25) is 0 Å². The van der Waals surface area contributed by atoms with Crippen LogP contribution in [0.25, 0.3) is 0 Å². The van der Waals surface area contributed by atoms with E-state index in [1.807, 2.05) is 0 Å². The van der Waals surface area contributed by atoms with Gasteiger partial charge in [0.05, 0.1) is 13.2 Å². The molecule has 0 heterocycles. The minimum atomic E-state index is -0.131. The van der Waals surface area contributed by atoms with Crippen molar-refractivity contribution >= 4 is 11.9 Å². The molecule has 0 rings (SSSR count).